The van der Waals surface area contributed by atoms with E-state index in [0.717, 1.165) is 22.4 Å². The third-order valence-electron chi connectivity index (χ3n) is 7.42. The molecule has 7 nitrogen and oxygen atoms in total. The van der Waals surface area contributed by atoms with E-state index < -0.39 is 23.4 Å². The molecule has 7 heteroatoms. The second kappa shape index (κ2) is 7.17. The normalized spacial score (nSPS) is 29.4. The van der Waals surface area contributed by atoms with E-state index in [1.54, 1.807) is 24.3 Å². The van der Waals surface area contributed by atoms with E-state index in [1.165, 1.54) is 4.90 Å². The minimum absolute atomic E-state index is 0.164. The van der Waals surface area contributed by atoms with Crippen molar-refractivity contribution in [3.63, 3.8) is 0 Å². The minimum atomic E-state index is -1.28. The molecular weight excluding hydrogens is 406 g/mol. The van der Waals surface area contributed by atoms with Gasteiger partial charge in [0.25, 0.3) is 0 Å². The van der Waals surface area contributed by atoms with Crippen LogP contribution in [0.5, 0.6) is 5.75 Å². The molecule has 5 rings (SSSR count). The number of nitrogens with zero attached hydrogens (tertiary/aromatic N) is 1. The highest BCUT2D eigenvalue weighted by Crippen LogP contribution is 2.54. The lowest BCUT2D eigenvalue weighted by atomic mass is 9.76. The molecule has 2 saturated heterocycles. The van der Waals surface area contributed by atoms with Crippen molar-refractivity contribution < 1.29 is 19.5 Å². The maximum atomic E-state index is 13.7. The fraction of sp³-hybridized carbons (Fsp3) is 0.400. The fourth-order valence-corrected chi connectivity index (χ4v) is 5.68. The summed E-state index contributed by atoms with van der Waals surface area (Å²) in [6, 6.07) is 11.9. The number of phenolic OH excluding ortho intramolecular Hbond substituents is 1. The van der Waals surface area contributed by atoms with Crippen LogP contribution in [0.25, 0.3) is 0 Å². The SMILES string of the molecule is CCC(C)N1C(=O)C2C(Cc3ccc(O)cc3)NC3(C(=O)Nc4c(C)cccc43)C2C1=O. The van der Waals surface area contributed by atoms with E-state index >= 15 is 0 Å². The predicted molar refractivity (Wildman–Crippen MR) is 119 cm³/mol. The Morgan fingerprint density at radius 3 is 2.50 bits per heavy atom. The lowest BCUT2D eigenvalue weighted by molar-refractivity contribution is -0.145. The summed E-state index contributed by atoms with van der Waals surface area (Å²) >= 11 is 0. The molecule has 5 unspecified atom stereocenters. The zero-order chi connectivity index (χ0) is 22.8. The highest BCUT2D eigenvalue weighted by Gasteiger charge is 2.70. The molecule has 3 aliphatic heterocycles. The van der Waals surface area contributed by atoms with Gasteiger partial charge >= 0.3 is 0 Å². The van der Waals surface area contributed by atoms with Crippen LogP contribution in [0.1, 0.15) is 37.0 Å². The molecule has 0 radical (unpaired) electrons. The van der Waals surface area contributed by atoms with Crippen LogP contribution >= 0.6 is 0 Å². The Balaban J connectivity index is 1.64. The van der Waals surface area contributed by atoms with Gasteiger partial charge in [-0.15, -0.1) is 0 Å². The molecule has 2 aromatic rings. The molecule has 3 heterocycles. The number of fused-ring (bicyclic) bond motifs is 4. The summed E-state index contributed by atoms with van der Waals surface area (Å²) < 4.78 is 0. The van der Waals surface area contributed by atoms with Crippen LogP contribution in [-0.2, 0) is 26.3 Å². The fourth-order valence-electron chi connectivity index (χ4n) is 5.68. The quantitative estimate of drug-likeness (QED) is 0.644. The second-order valence-electron chi connectivity index (χ2n) is 9.19. The molecule has 1 spiro atoms. The van der Waals surface area contributed by atoms with Crippen LogP contribution in [0.4, 0.5) is 5.69 Å². The summed E-state index contributed by atoms with van der Waals surface area (Å²) in [5, 5.41) is 16.1. The van der Waals surface area contributed by atoms with Crippen LogP contribution < -0.4 is 10.6 Å². The number of para-hydroxylation sites is 1. The highest BCUT2D eigenvalue weighted by atomic mass is 16.3. The van der Waals surface area contributed by atoms with Gasteiger partial charge in [0.2, 0.25) is 17.7 Å². The maximum absolute atomic E-state index is 13.7. The summed E-state index contributed by atoms with van der Waals surface area (Å²) in [4.78, 5) is 42.1. The average molecular weight is 434 g/mol. The Morgan fingerprint density at radius 1 is 1.09 bits per heavy atom. The number of anilines is 1. The number of hydrogen-bond donors (Lipinski definition) is 3. The first kappa shape index (κ1) is 20.7. The molecule has 0 aromatic heterocycles. The number of benzene rings is 2. The number of carbonyl (C=O) groups excluding carboxylic acids is 3. The summed E-state index contributed by atoms with van der Waals surface area (Å²) in [5.74, 6) is -2.04. The Bertz CT molecular complexity index is 1130. The topological polar surface area (TPSA) is 98.7 Å². The molecule has 3 aliphatic rings. The third kappa shape index (κ3) is 2.67. The molecule has 2 aromatic carbocycles. The molecule has 0 bridgehead atoms. The van der Waals surface area contributed by atoms with Crippen LogP contribution in [0.3, 0.4) is 0 Å². The summed E-state index contributed by atoms with van der Waals surface area (Å²) in [7, 11) is 0. The van der Waals surface area contributed by atoms with Crippen molar-refractivity contribution in [2.75, 3.05) is 5.32 Å². The van der Waals surface area contributed by atoms with Gasteiger partial charge in [-0.1, -0.05) is 37.3 Å². The first-order valence-electron chi connectivity index (χ1n) is 11.1. The second-order valence-corrected chi connectivity index (χ2v) is 9.19. The van der Waals surface area contributed by atoms with Crippen molar-refractivity contribution in [1.82, 2.24) is 10.2 Å². The third-order valence-corrected chi connectivity index (χ3v) is 7.42. The number of hydrogen-bond acceptors (Lipinski definition) is 5. The molecule has 3 N–H and O–H groups in total. The van der Waals surface area contributed by atoms with Crippen LogP contribution in [0.2, 0.25) is 0 Å². The number of aryl methyl sites for hydroxylation is 1. The Kier molecular flexibility index (Phi) is 4.64. The molecule has 3 amide bonds. The zero-order valence-corrected chi connectivity index (χ0v) is 18.4. The monoisotopic (exact) mass is 433 g/mol. The first-order chi connectivity index (χ1) is 15.3. The van der Waals surface area contributed by atoms with E-state index in [1.807, 2.05) is 39.0 Å². The predicted octanol–water partition coefficient (Wildman–Crippen LogP) is 2.46. The van der Waals surface area contributed by atoms with Gasteiger partial charge in [-0.05, 0) is 49.9 Å². The van der Waals surface area contributed by atoms with Gasteiger partial charge in [0, 0.05) is 23.3 Å². The van der Waals surface area contributed by atoms with Gasteiger partial charge in [0.15, 0.2) is 0 Å². The van der Waals surface area contributed by atoms with Gasteiger partial charge in [-0.3, -0.25) is 24.6 Å². The number of likely N-dealkylation sites (tertiary alicyclic amines) is 1. The summed E-state index contributed by atoms with van der Waals surface area (Å²) in [6.07, 6.45) is 1.12. The van der Waals surface area contributed by atoms with Crippen molar-refractivity contribution in [2.24, 2.45) is 11.8 Å². The molecule has 32 heavy (non-hydrogen) atoms. The highest BCUT2D eigenvalue weighted by molar-refractivity contribution is 6.15. The smallest absolute Gasteiger partial charge is 0.250 e. The number of rotatable bonds is 4. The maximum Gasteiger partial charge on any atom is 0.250 e. The zero-order valence-electron chi connectivity index (χ0n) is 18.4. The number of imide groups is 1. The number of phenols is 1. The molecule has 166 valence electrons. The molecule has 0 aliphatic carbocycles. The van der Waals surface area contributed by atoms with Gasteiger partial charge in [-0.2, -0.15) is 0 Å². The first-order valence-corrected chi connectivity index (χ1v) is 11.1. The largest absolute Gasteiger partial charge is 0.508 e. The van der Waals surface area contributed by atoms with Crippen molar-refractivity contribution in [3.8, 4) is 5.75 Å². The Morgan fingerprint density at radius 2 is 1.81 bits per heavy atom. The van der Waals surface area contributed by atoms with E-state index in [0.29, 0.717) is 12.8 Å². The molecule has 0 saturated carbocycles. The standard InChI is InChI=1S/C25H27N3O4/c1-4-14(3)28-22(30)19-18(12-15-8-10-16(29)11-9-15)27-25(20(19)23(28)31)17-7-5-6-13(2)21(17)26-24(25)32/h5-11,14,18-20,27,29H,4,12H2,1-3H3,(H,26,32). The van der Waals surface area contributed by atoms with Crippen molar-refractivity contribution in [2.45, 2.75) is 51.2 Å². The molecular formula is C25H27N3O4. The van der Waals surface area contributed by atoms with E-state index in [4.69, 9.17) is 0 Å². The van der Waals surface area contributed by atoms with Gasteiger partial charge in [0.05, 0.1) is 11.8 Å². The van der Waals surface area contributed by atoms with Crippen molar-refractivity contribution in [3.05, 3.63) is 59.2 Å². The molecule has 5 atom stereocenters. The number of nitrogens with one attached hydrogen (secondary N) is 2. The number of amides is 3. The van der Waals surface area contributed by atoms with Gasteiger partial charge in [0.1, 0.15) is 11.3 Å². The molecule has 2 fully saturated rings. The summed E-state index contributed by atoms with van der Waals surface area (Å²) in [5.41, 5.74) is 2.02. The van der Waals surface area contributed by atoms with E-state index in [-0.39, 0.29) is 29.5 Å². The number of aromatic hydroxyl groups is 1. The Labute approximate surface area is 186 Å². The number of carbonyl (C=O) groups is 3. The Hall–Kier alpha value is -3.19. The average Bonchev–Trinajstić information content (AvgIpc) is 3.35. The van der Waals surface area contributed by atoms with Gasteiger partial charge < -0.3 is 10.4 Å². The lowest BCUT2D eigenvalue weighted by Gasteiger charge is -2.31. The summed E-state index contributed by atoms with van der Waals surface area (Å²) in [6.45, 7) is 5.74. The van der Waals surface area contributed by atoms with E-state index in [2.05, 4.69) is 10.6 Å². The van der Waals surface area contributed by atoms with Crippen molar-refractivity contribution >= 4 is 23.4 Å². The van der Waals surface area contributed by atoms with Crippen LogP contribution in [0.15, 0.2) is 42.5 Å². The van der Waals surface area contributed by atoms with E-state index in [9.17, 15) is 19.5 Å². The van der Waals surface area contributed by atoms with Crippen LogP contribution in [0, 0.1) is 18.8 Å². The van der Waals surface area contributed by atoms with Crippen LogP contribution in [-0.4, -0.2) is 39.8 Å². The van der Waals surface area contributed by atoms with Crippen molar-refractivity contribution in [1.29, 1.82) is 0 Å². The van der Waals surface area contributed by atoms with Gasteiger partial charge in [-0.25, -0.2) is 0 Å². The lowest BCUT2D eigenvalue weighted by Crippen LogP contribution is -2.54. The minimum Gasteiger partial charge on any atom is -0.508 e.